The molecule has 0 radical (unpaired) electrons. The number of anilines is 2. The molecule has 0 aliphatic heterocycles. The number of benzene rings is 2. The van der Waals surface area contributed by atoms with Crippen LogP contribution in [0.4, 0.5) is 11.4 Å². The van der Waals surface area contributed by atoms with Gasteiger partial charge in [-0.3, -0.25) is 9.59 Å². The molecule has 0 saturated heterocycles. The minimum atomic E-state index is -0.195. The summed E-state index contributed by atoms with van der Waals surface area (Å²) in [4.78, 5) is 28.8. The van der Waals surface area contributed by atoms with Gasteiger partial charge in [0.25, 0.3) is 11.8 Å². The van der Waals surface area contributed by atoms with Crippen molar-refractivity contribution in [2.75, 3.05) is 37.4 Å². The molecule has 0 aliphatic rings. The molecular weight excluding hydrogens is 314 g/mol. The number of carbonyl (C=O) groups is 2. The normalized spacial score (nSPS) is 10.2. The van der Waals surface area contributed by atoms with Gasteiger partial charge in [-0.15, -0.1) is 0 Å². The monoisotopic (exact) mass is 339 g/mol. The molecule has 5 heteroatoms. The van der Waals surface area contributed by atoms with Crippen molar-refractivity contribution in [1.29, 1.82) is 0 Å². The van der Waals surface area contributed by atoms with E-state index < -0.39 is 0 Å². The second-order valence-corrected chi connectivity index (χ2v) is 5.92. The molecule has 132 valence electrons. The van der Waals surface area contributed by atoms with E-state index >= 15 is 0 Å². The third kappa shape index (κ3) is 4.38. The lowest BCUT2D eigenvalue weighted by atomic mass is 10.1. The van der Waals surface area contributed by atoms with E-state index in [1.807, 2.05) is 63.2 Å². The molecule has 0 aromatic heterocycles. The predicted octanol–water partition coefficient (Wildman–Crippen LogP) is 3.49. The summed E-state index contributed by atoms with van der Waals surface area (Å²) < 4.78 is 0. The summed E-state index contributed by atoms with van der Waals surface area (Å²) in [5.41, 5.74) is 2.60. The molecular formula is C20H25N3O2. The van der Waals surface area contributed by atoms with E-state index in [1.165, 1.54) is 0 Å². The zero-order chi connectivity index (χ0) is 18.4. The average Bonchev–Trinajstić information content (AvgIpc) is 2.63. The van der Waals surface area contributed by atoms with Crippen molar-refractivity contribution in [3.63, 3.8) is 0 Å². The van der Waals surface area contributed by atoms with Gasteiger partial charge in [-0.25, -0.2) is 0 Å². The summed E-state index contributed by atoms with van der Waals surface area (Å²) >= 11 is 0. The van der Waals surface area contributed by atoms with Gasteiger partial charge in [0.15, 0.2) is 0 Å². The molecule has 1 N–H and O–H groups in total. The number of amides is 2. The van der Waals surface area contributed by atoms with Crippen LogP contribution in [0.1, 0.15) is 34.6 Å². The van der Waals surface area contributed by atoms with Crippen LogP contribution in [-0.2, 0) is 0 Å². The molecule has 0 heterocycles. The molecule has 0 bridgehead atoms. The predicted molar refractivity (Wildman–Crippen MR) is 102 cm³/mol. The Morgan fingerprint density at radius 2 is 1.60 bits per heavy atom. The molecule has 2 aromatic carbocycles. The quantitative estimate of drug-likeness (QED) is 0.876. The van der Waals surface area contributed by atoms with E-state index in [2.05, 4.69) is 5.32 Å². The first-order valence-electron chi connectivity index (χ1n) is 8.45. The summed E-state index contributed by atoms with van der Waals surface area (Å²) in [6.07, 6.45) is 0. The second-order valence-electron chi connectivity index (χ2n) is 5.92. The number of hydrogen-bond donors (Lipinski definition) is 1. The van der Waals surface area contributed by atoms with Gasteiger partial charge >= 0.3 is 0 Å². The third-order valence-electron chi connectivity index (χ3n) is 4.05. The Kier molecular flexibility index (Phi) is 6.17. The average molecular weight is 339 g/mol. The molecule has 5 nitrogen and oxygen atoms in total. The molecule has 0 atom stereocenters. The van der Waals surface area contributed by atoms with Crippen molar-refractivity contribution < 1.29 is 9.59 Å². The largest absolute Gasteiger partial charge is 0.377 e. The van der Waals surface area contributed by atoms with Gasteiger partial charge in [0.2, 0.25) is 0 Å². The van der Waals surface area contributed by atoms with Gasteiger partial charge in [-0.1, -0.05) is 18.2 Å². The van der Waals surface area contributed by atoms with E-state index in [0.717, 1.165) is 5.69 Å². The molecule has 0 unspecified atom stereocenters. The first kappa shape index (κ1) is 18.5. The van der Waals surface area contributed by atoms with Crippen molar-refractivity contribution in [3.05, 3.63) is 59.7 Å². The lowest BCUT2D eigenvalue weighted by Crippen LogP contribution is -2.31. The van der Waals surface area contributed by atoms with Gasteiger partial charge in [0.1, 0.15) is 0 Å². The molecule has 0 saturated carbocycles. The van der Waals surface area contributed by atoms with Crippen LogP contribution in [0.15, 0.2) is 48.5 Å². The van der Waals surface area contributed by atoms with Gasteiger partial charge < -0.3 is 15.1 Å². The highest BCUT2D eigenvalue weighted by Crippen LogP contribution is 2.25. The minimum Gasteiger partial charge on any atom is -0.377 e. The van der Waals surface area contributed by atoms with E-state index in [9.17, 15) is 9.59 Å². The summed E-state index contributed by atoms with van der Waals surface area (Å²) in [6.45, 7) is 5.20. The van der Waals surface area contributed by atoms with Crippen LogP contribution in [0.2, 0.25) is 0 Å². The van der Waals surface area contributed by atoms with Crippen molar-refractivity contribution in [2.45, 2.75) is 13.8 Å². The summed E-state index contributed by atoms with van der Waals surface area (Å²) in [6, 6.07) is 14.4. The van der Waals surface area contributed by atoms with Crippen molar-refractivity contribution in [2.24, 2.45) is 0 Å². The Balaban J connectivity index is 2.33. The standard InChI is InChI=1S/C20H25N3O2/c1-5-23(6-2)20(25)17-14-16(12-13-18(17)22(3)4)21-19(24)15-10-8-7-9-11-15/h7-14H,5-6H2,1-4H3,(H,21,24). The molecule has 2 rings (SSSR count). The van der Waals surface area contributed by atoms with Crippen molar-refractivity contribution >= 4 is 23.2 Å². The zero-order valence-electron chi connectivity index (χ0n) is 15.2. The summed E-state index contributed by atoms with van der Waals surface area (Å²) in [5.74, 6) is -0.232. The third-order valence-corrected chi connectivity index (χ3v) is 4.05. The maximum atomic E-state index is 12.8. The smallest absolute Gasteiger partial charge is 0.256 e. The maximum Gasteiger partial charge on any atom is 0.256 e. The van der Waals surface area contributed by atoms with Crippen LogP contribution in [0.25, 0.3) is 0 Å². The highest BCUT2D eigenvalue weighted by molar-refractivity contribution is 6.06. The molecule has 0 spiro atoms. The SMILES string of the molecule is CCN(CC)C(=O)c1cc(NC(=O)c2ccccc2)ccc1N(C)C. The molecule has 25 heavy (non-hydrogen) atoms. The van der Waals surface area contributed by atoms with Crippen LogP contribution in [0.3, 0.4) is 0 Å². The number of carbonyl (C=O) groups excluding carboxylic acids is 2. The lowest BCUT2D eigenvalue weighted by molar-refractivity contribution is 0.0773. The number of hydrogen-bond acceptors (Lipinski definition) is 3. The number of nitrogens with zero attached hydrogens (tertiary/aromatic N) is 2. The first-order chi connectivity index (χ1) is 12.0. The Bertz CT molecular complexity index is 738. The summed E-state index contributed by atoms with van der Waals surface area (Å²) in [7, 11) is 3.80. The lowest BCUT2D eigenvalue weighted by Gasteiger charge is -2.23. The van der Waals surface area contributed by atoms with E-state index in [-0.39, 0.29) is 11.8 Å². The molecule has 2 aromatic rings. The fraction of sp³-hybridized carbons (Fsp3) is 0.300. The van der Waals surface area contributed by atoms with Crippen LogP contribution < -0.4 is 10.2 Å². The van der Waals surface area contributed by atoms with Gasteiger partial charge in [-0.2, -0.15) is 0 Å². The fourth-order valence-corrected chi connectivity index (χ4v) is 2.65. The van der Waals surface area contributed by atoms with E-state index in [4.69, 9.17) is 0 Å². The molecule has 0 aliphatic carbocycles. The van der Waals surface area contributed by atoms with Crippen LogP contribution in [0.5, 0.6) is 0 Å². The van der Waals surface area contributed by atoms with Crippen LogP contribution in [-0.4, -0.2) is 43.9 Å². The van der Waals surface area contributed by atoms with Crippen LogP contribution in [0, 0.1) is 0 Å². The Morgan fingerprint density at radius 1 is 0.960 bits per heavy atom. The van der Waals surface area contributed by atoms with Gasteiger partial charge in [0, 0.05) is 44.1 Å². The fourth-order valence-electron chi connectivity index (χ4n) is 2.65. The minimum absolute atomic E-state index is 0.0375. The van der Waals surface area contributed by atoms with E-state index in [1.54, 1.807) is 23.1 Å². The van der Waals surface area contributed by atoms with Crippen LogP contribution >= 0.6 is 0 Å². The first-order valence-corrected chi connectivity index (χ1v) is 8.45. The number of nitrogens with one attached hydrogen (secondary N) is 1. The Hall–Kier alpha value is -2.82. The van der Waals surface area contributed by atoms with E-state index in [0.29, 0.717) is 29.9 Å². The number of rotatable bonds is 6. The summed E-state index contributed by atoms with van der Waals surface area (Å²) in [5, 5.41) is 2.87. The second kappa shape index (κ2) is 8.33. The topological polar surface area (TPSA) is 52.7 Å². The maximum absolute atomic E-state index is 12.8. The zero-order valence-corrected chi connectivity index (χ0v) is 15.2. The highest BCUT2D eigenvalue weighted by atomic mass is 16.2. The van der Waals surface area contributed by atoms with Gasteiger partial charge in [0.05, 0.1) is 5.56 Å². The Morgan fingerprint density at radius 3 is 2.16 bits per heavy atom. The highest BCUT2D eigenvalue weighted by Gasteiger charge is 2.19. The molecule has 2 amide bonds. The Labute approximate surface area is 149 Å². The van der Waals surface area contributed by atoms with Gasteiger partial charge in [-0.05, 0) is 44.2 Å². The van der Waals surface area contributed by atoms with Crippen molar-refractivity contribution in [3.8, 4) is 0 Å². The van der Waals surface area contributed by atoms with Crippen molar-refractivity contribution in [1.82, 2.24) is 4.90 Å². The molecule has 0 fully saturated rings.